The SMILES string of the molecule is [C-]#[N+]/N=C1\c2ccccc2-c2nc(-c3ccc(C#N)cc3)c(-c3ccc(C#N)cc3)nc21. The van der Waals surface area contributed by atoms with Crippen LogP contribution in [0.2, 0.25) is 0 Å². The van der Waals surface area contributed by atoms with Crippen LogP contribution in [0.1, 0.15) is 22.4 Å². The molecule has 3 aromatic carbocycles. The van der Waals surface area contributed by atoms with Gasteiger partial charge in [0.1, 0.15) is 5.69 Å². The van der Waals surface area contributed by atoms with E-state index in [1.54, 1.807) is 24.3 Å². The molecule has 4 aromatic rings. The largest absolute Gasteiger partial charge is 0.243 e. The van der Waals surface area contributed by atoms with E-state index in [1.807, 2.05) is 48.5 Å². The molecule has 0 radical (unpaired) electrons. The fourth-order valence-electron chi connectivity index (χ4n) is 3.77. The van der Waals surface area contributed by atoms with E-state index < -0.39 is 0 Å². The molecular formula is C26H12N6. The van der Waals surface area contributed by atoms with E-state index in [1.165, 1.54) is 0 Å². The first-order valence-electron chi connectivity index (χ1n) is 9.71. The fourth-order valence-corrected chi connectivity index (χ4v) is 3.77. The van der Waals surface area contributed by atoms with Crippen molar-refractivity contribution in [1.82, 2.24) is 9.97 Å². The first kappa shape index (κ1) is 18.9. The summed E-state index contributed by atoms with van der Waals surface area (Å²) < 4.78 is 0. The summed E-state index contributed by atoms with van der Waals surface area (Å²) >= 11 is 0. The Morgan fingerprint density at radius 3 is 1.66 bits per heavy atom. The molecule has 6 nitrogen and oxygen atoms in total. The maximum atomic E-state index is 9.16. The zero-order valence-corrected chi connectivity index (χ0v) is 16.6. The number of nitriles is 2. The van der Waals surface area contributed by atoms with Crippen LogP contribution in [0.5, 0.6) is 0 Å². The number of benzene rings is 3. The van der Waals surface area contributed by atoms with Crippen LogP contribution < -0.4 is 0 Å². The Labute approximate surface area is 184 Å². The number of fused-ring (bicyclic) bond motifs is 3. The van der Waals surface area contributed by atoms with Gasteiger partial charge in [0.05, 0.1) is 45.4 Å². The van der Waals surface area contributed by atoms with Crippen LogP contribution in [0.15, 0.2) is 77.9 Å². The van der Waals surface area contributed by atoms with Gasteiger partial charge in [0.25, 0.3) is 0 Å². The predicted molar refractivity (Wildman–Crippen MR) is 120 cm³/mol. The van der Waals surface area contributed by atoms with Crippen molar-refractivity contribution in [3.8, 4) is 45.9 Å². The second kappa shape index (κ2) is 7.61. The van der Waals surface area contributed by atoms with Crippen LogP contribution >= 0.6 is 0 Å². The molecule has 0 saturated heterocycles. The second-order valence-corrected chi connectivity index (χ2v) is 7.09. The second-order valence-electron chi connectivity index (χ2n) is 7.09. The summed E-state index contributed by atoms with van der Waals surface area (Å²) in [4.78, 5) is 13.1. The van der Waals surface area contributed by atoms with Gasteiger partial charge in [0, 0.05) is 22.3 Å². The van der Waals surface area contributed by atoms with Gasteiger partial charge < -0.3 is 0 Å². The smallest absolute Gasteiger partial charge is 0.181 e. The molecule has 1 heterocycles. The molecule has 1 aliphatic rings. The van der Waals surface area contributed by atoms with Crippen LogP contribution in [0.4, 0.5) is 0 Å². The Morgan fingerprint density at radius 2 is 1.16 bits per heavy atom. The minimum Gasteiger partial charge on any atom is -0.243 e. The van der Waals surface area contributed by atoms with E-state index in [0.717, 1.165) is 22.3 Å². The highest BCUT2D eigenvalue weighted by atomic mass is 15.2. The molecule has 1 aromatic heterocycles. The van der Waals surface area contributed by atoms with Gasteiger partial charge in [0.15, 0.2) is 5.71 Å². The summed E-state index contributed by atoms with van der Waals surface area (Å²) in [6.45, 7) is 7.26. The van der Waals surface area contributed by atoms with Gasteiger partial charge in [-0.25, -0.2) is 9.97 Å². The quantitative estimate of drug-likeness (QED) is 0.296. The van der Waals surface area contributed by atoms with E-state index in [4.69, 9.17) is 27.1 Å². The highest BCUT2D eigenvalue weighted by Crippen LogP contribution is 2.39. The standard InChI is InChI=1S/C26H12N6/c1-29-32-25-21-5-3-2-4-20(21)24-26(25)31-23(19-12-8-17(15-28)9-13-19)22(30-24)18-10-6-16(14-27)7-11-18/h2-13H/b32-25+. The summed E-state index contributed by atoms with van der Waals surface area (Å²) in [5.74, 6) is 0. The van der Waals surface area contributed by atoms with Gasteiger partial charge in [-0.1, -0.05) is 48.5 Å². The molecule has 0 aliphatic heterocycles. The molecule has 6 heteroatoms. The van der Waals surface area contributed by atoms with E-state index in [9.17, 15) is 0 Å². The molecule has 0 spiro atoms. The monoisotopic (exact) mass is 408 g/mol. The highest BCUT2D eigenvalue weighted by molar-refractivity contribution is 6.23. The minimum atomic E-state index is 0.499. The number of aromatic nitrogens is 2. The van der Waals surface area contributed by atoms with Crippen molar-refractivity contribution in [3.05, 3.63) is 107 Å². The minimum absolute atomic E-state index is 0.499. The lowest BCUT2D eigenvalue weighted by atomic mass is 10.0. The zero-order valence-electron chi connectivity index (χ0n) is 16.6. The number of hydrogen-bond acceptors (Lipinski definition) is 5. The summed E-state index contributed by atoms with van der Waals surface area (Å²) in [5, 5.41) is 22.3. The number of nitrogens with zero attached hydrogens (tertiary/aromatic N) is 6. The zero-order chi connectivity index (χ0) is 22.1. The van der Waals surface area contributed by atoms with Crippen molar-refractivity contribution in [2.45, 2.75) is 0 Å². The van der Waals surface area contributed by atoms with Crippen molar-refractivity contribution in [2.75, 3.05) is 0 Å². The molecule has 146 valence electrons. The van der Waals surface area contributed by atoms with Crippen molar-refractivity contribution in [1.29, 1.82) is 10.5 Å². The maximum Gasteiger partial charge on any atom is 0.181 e. The van der Waals surface area contributed by atoms with Crippen LogP contribution in [-0.4, -0.2) is 15.7 Å². The number of hydrogen-bond donors (Lipinski definition) is 0. The summed E-state index contributed by atoms with van der Waals surface area (Å²) in [5.41, 5.74) is 7.38. The van der Waals surface area contributed by atoms with Crippen LogP contribution in [0.25, 0.3) is 38.7 Å². The molecule has 0 N–H and O–H groups in total. The average molecular weight is 408 g/mol. The lowest BCUT2D eigenvalue weighted by Gasteiger charge is -2.12. The van der Waals surface area contributed by atoms with E-state index in [-0.39, 0.29) is 0 Å². The summed E-state index contributed by atoms with van der Waals surface area (Å²) in [6, 6.07) is 26.2. The topological polar surface area (TPSA) is 90.1 Å². The Hall–Kier alpha value is -5.12. The molecule has 0 unspecified atom stereocenters. The van der Waals surface area contributed by atoms with Crippen LogP contribution in [0, 0.1) is 29.2 Å². The van der Waals surface area contributed by atoms with Crippen molar-refractivity contribution < 1.29 is 0 Å². The Kier molecular flexibility index (Phi) is 4.49. The molecule has 32 heavy (non-hydrogen) atoms. The lowest BCUT2D eigenvalue weighted by Crippen LogP contribution is -2.04. The van der Waals surface area contributed by atoms with Gasteiger partial charge in [-0.05, 0) is 24.3 Å². The molecule has 0 fully saturated rings. The predicted octanol–water partition coefficient (Wildman–Crippen LogP) is 5.21. The van der Waals surface area contributed by atoms with Gasteiger partial charge in [-0.2, -0.15) is 17.1 Å². The van der Waals surface area contributed by atoms with E-state index >= 15 is 0 Å². The number of rotatable bonds is 2. The third-order valence-electron chi connectivity index (χ3n) is 5.28. The van der Waals surface area contributed by atoms with Gasteiger partial charge in [-0.3, -0.25) is 0 Å². The average Bonchev–Trinajstić information content (AvgIpc) is 3.16. The molecule has 1 aliphatic carbocycles. The fraction of sp³-hybridized carbons (Fsp3) is 0. The van der Waals surface area contributed by atoms with Crippen molar-refractivity contribution >= 4 is 5.71 Å². The molecule has 0 atom stereocenters. The highest BCUT2D eigenvalue weighted by Gasteiger charge is 2.31. The molecular weight excluding hydrogens is 396 g/mol. The summed E-state index contributed by atoms with van der Waals surface area (Å²) in [7, 11) is 0. The Bertz CT molecular complexity index is 1530. The molecule has 0 bridgehead atoms. The van der Waals surface area contributed by atoms with E-state index in [0.29, 0.717) is 39.6 Å². The van der Waals surface area contributed by atoms with Crippen molar-refractivity contribution in [3.63, 3.8) is 0 Å². The maximum absolute atomic E-state index is 9.16. The van der Waals surface area contributed by atoms with Gasteiger partial charge in [-0.15, -0.1) is 4.95 Å². The lowest BCUT2D eigenvalue weighted by molar-refractivity contribution is 1.20. The van der Waals surface area contributed by atoms with Crippen molar-refractivity contribution in [2.24, 2.45) is 5.10 Å². The first-order valence-corrected chi connectivity index (χ1v) is 9.71. The van der Waals surface area contributed by atoms with E-state index in [2.05, 4.69) is 22.2 Å². The first-order chi connectivity index (χ1) is 15.7. The Morgan fingerprint density at radius 1 is 0.656 bits per heavy atom. The third kappa shape index (κ3) is 2.99. The molecule has 5 rings (SSSR count). The third-order valence-corrected chi connectivity index (χ3v) is 5.28. The van der Waals surface area contributed by atoms with Gasteiger partial charge in [0.2, 0.25) is 0 Å². The molecule has 0 saturated carbocycles. The van der Waals surface area contributed by atoms with Gasteiger partial charge >= 0.3 is 0 Å². The van der Waals surface area contributed by atoms with Crippen LogP contribution in [-0.2, 0) is 0 Å². The summed E-state index contributed by atoms with van der Waals surface area (Å²) in [6.07, 6.45) is 0. The van der Waals surface area contributed by atoms with Crippen LogP contribution in [0.3, 0.4) is 0 Å². The Balaban J connectivity index is 1.81. The normalized spacial score (nSPS) is 12.3. The molecule has 0 amide bonds.